The molecule has 1 heterocycles. The van der Waals surface area contributed by atoms with Gasteiger partial charge in [0, 0.05) is 25.2 Å². The molecule has 2 rings (SSSR count). The zero-order valence-electron chi connectivity index (χ0n) is 13.7. The first-order valence-electron chi connectivity index (χ1n) is 7.55. The standard InChI is InChI=1S/C16H21FN2O5/c1-18(10-15(20)21)8-12-9-19(5-6-24-12)16(22)11-3-4-14(23-2)13(17)7-11/h3-4,7,12H,5-6,8-10H2,1-2H3,(H,20,21). The third-order valence-corrected chi connectivity index (χ3v) is 3.75. The minimum absolute atomic E-state index is 0.0849. The molecule has 1 aromatic rings. The lowest BCUT2D eigenvalue weighted by Crippen LogP contribution is -2.49. The molecule has 1 N–H and O–H groups in total. The van der Waals surface area contributed by atoms with Gasteiger partial charge in [0.25, 0.3) is 5.91 Å². The molecule has 0 saturated carbocycles. The van der Waals surface area contributed by atoms with Crippen molar-refractivity contribution in [3.05, 3.63) is 29.6 Å². The van der Waals surface area contributed by atoms with Crippen molar-refractivity contribution < 1.29 is 28.6 Å². The van der Waals surface area contributed by atoms with Gasteiger partial charge in [0.15, 0.2) is 11.6 Å². The molecule has 1 aliphatic heterocycles. The van der Waals surface area contributed by atoms with Gasteiger partial charge in [0.05, 0.1) is 26.4 Å². The van der Waals surface area contributed by atoms with E-state index in [9.17, 15) is 14.0 Å². The van der Waals surface area contributed by atoms with Crippen molar-refractivity contribution in [3.63, 3.8) is 0 Å². The van der Waals surface area contributed by atoms with Crippen molar-refractivity contribution in [2.75, 3.05) is 46.9 Å². The maximum atomic E-state index is 13.8. The predicted molar refractivity (Wildman–Crippen MR) is 83.7 cm³/mol. The molecule has 0 radical (unpaired) electrons. The van der Waals surface area contributed by atoms with Gasteiger partial charge in [-0.3, -0.25) is 14.5 Å². The molecule has 1 aromatic carbocycles. The third-order valence-electron chi connectivity index (χ3n) is 3.75. The summed E-state index contributed by atoms with van der Waals surface area (Å²) in [5.74, 6) is -1.71. The average molecular weight is 340 g/mol. The Labute approximate surface area is 139 Å². The summed E-state index contributed by atoms with van der Waals surface area (Å²) in [7, 11) is 3.04. The number of methoxy groups -OCH3 is 1. The van der Waals surface area contributed by atoms with Gasteiger partial charge in [-0.25, -0.2) is 4.39 Å². The van der Waals surface area contributed by atoms with Crippen LogP contribution in [0.1, 0.15) is 10.4 Å². The minimum atomic E-state index is -0.921. The zero-order chi connectivity index (χ0) is 17.7. The lowest BCUT2D eigenvalue weighted by atomic mass is 10.1. The number of benzene rings is 1. The van der Waals surface area contributed by atoms with Crippen LogP contribution in [0.5, 0.6) is 5.75 Å². The Balaban J connectivity index is 1.99. The Kier molecular flexibility index (Phi) is 6.10. The average Bonchev–Trinajstić information content (AvgIpc) is 2.53. The molecule has 132 valence electrons. The van der Waals surface area contributed by atoms with Crippen LogP contribution in [0.3, 0.4) is 0 Å². The van der Waals surface area contributed by atoms with Crippen LogP contribution < -0.4 is 4.74 Å². The summed E-state index contributed by atoms with van der Waals surface area (Å²) in [5, 5.41) is 8.78. The first-order valence-corrected chi connectivity index (χ1v) is 7.55. The summed E-state index contributed by atoms with van der Waals surface area (Å²) in [5.41, 5.74) is 0.243. The van der Waals surface area contributed by atoms with E-state index < -0.39 is 11.8 Å². The quantitative estimate of drug-likeness (QED) is 0.821. The summed E-state index contributed by atoms with van der Waals surface area (Å²) in [6.45, 7) is 1.39. The zero-order valence-corrected chi connectivity index (χ0v) is 13.7. The first-order chi connectivity index (χ1) is 11.4. The van der Waals surface area contributed by atoms with E-state index >= 15 is 0 Å². The van der Waals surface area contributed by atoms with Crippen LogP contribution >= 0.6 is 0 Å². The summed E-state index contributed by atoms with van der Waals surface area (Å²) in [6, 6.07) is 4.09. The highest BCUT2D eigenvalue weighted by atomic mass is 19.1. The fourth-order valence-electron chi connectivity index (χ4n) is 2.64. The van der Waals surface area contributed by atoms with E-state index in [2.05, 4.69) is 0 Å². The highest BCUT2D eigenvalue weighted by Crippen LogP contribution is 2.19. The van der Waals surface area contributed by atoms with Crippen LogP contribution in [0.25, 0.3) is 0 Å². The van der Waals surface area contributed by atoms with Crippen LogP contribution in [-0.4, -0.2) is 79.8 Å². The molecule has 1 aliphatic rings. The van der Waals surface area contributed by atoms with Crippen molar-refractivity contribution in [1.82, 2.24) is 9.80 Å². The lowest BCUT2D eigenvalue weighted by molar-refractivity contribution is -0.138. The Morgan fingerprint density at radius 1 is 1.50 bits per heavy atom. The predicted octanol–water partition coefficient (Wildman–Crippen LogP) is 0.692. The van der Waals surface area contributed by atoms with Gasteiger partial charge in [-0.05, 0) is 25.2 Å². The molecular formula is C16H21FN2O5. The second-order valence-corrected chi connectivity index (χ2v) is 5.68. The Morgan fingerprint density at radius 2 is 2.25 bits per heavy atom. The van der Waals surface area contributed by atoms with Gasteiger partial charge in [0.1, 0.15) is 0 Å². The van der Waals surface area contributed by atoms with Crippen LogP contribution in [0.2, 0.25) is 0 Å². The molecule has 1 unspecified atom stereocenters. The van der Waals surface area contributed by atoms with Gasteiger partial charge in [-0.2, -0.15) is 0 Å². The fourth-order valence-corrected chi connectivity index (χ4v) is 2.64. The maximum absolute atomic E-state index is 13.8. The maximum Gasteiger partial charge on any atom is 0.317 e. The van der Waals surface area contributed by atoms with Crippen molar-refractivity contribution >= 4 is 11.9 Å². The van der Waals surface area contributed by atoms with Crippen LogP contribution in [0, 0.1) is 5.82 Å². The molecule has 1 atom stereocenters. The highest BCUT2D eigenvalue weighted by molar-refractivity contribution is 5.94. The molecule has 0 aromatic heterocycles. The van der Waals surface area contributed by atoms with E-state index in [0.29, 0.717) is 26.2 Å². The molecule has 24 heavy (non-hydrogen) atoms. The number of carboxylic acid groups (broad SMARTS) is 1. The van der Waals surface area contributed by atoms with Gasteiger partial charge in [-0.15, -0.1) is 0 Å². The number of carboxylic acids is 1. The molecule has 0 bridgehead atoms. The van der Waals surface area contributed by atoms with Gasteiger partial charge in [0.2, 0.25) is 0 Å². The summed E-state index contributed by atoms with van der Waals surface area (Å²) in [4.78, 5) is 26.4. The van der Waals surface area contributed by atoms with E-state index in [1.165, 1.54) is 19.2 Å². The number of ether oxygens (including phenoxy) is 2. The topological polar surface area (TPSA) is 79.3 Å². The molecule has 0 spiro atoms. The van der Waals surface area contributed by atoms with E-state index in [1.54, 1.807) is 16.8 Å². The Bertz CT molecular complexity index is 610. The number of aliphatic carboxylic acids is 1. The molecular weight excluding hydrogens is 319 g/mol. The number of likely N-dealkylation sites (N-methyl/N-ethyl adjacent to an activating group) is 1. The van der Waals surface area contributed by atoms with E-state index in [-0.39, 0.29) is 29.9 Å². The second kappa shape index (κ2) is 8.07. The number of hydrogen-bond donors (Lipinski definition) is 1. The van der Waals surface area contributed by atoms with Crippen LogP contribution in [0.15, 0.2) is 18.2 Å². The van der Waals surface area contributed by atoms with Crippen molar-refractivity contribution in [2.45, 2.75) is 6.10 Å². The number of amides is 1. The van der Waals surface area contributed by atoms with E-state index in [1.807, 2.05) is 0 Å². The number of halogens is 1. The molecule has 0 aliphatic carbocycles. The van der Waals surface area contributed by atoms with Crippen molar-refractivity contribution in [3.8, 4) is 5.75 Å². The number of hydrogen-bond acceptors (Lipinski definition) is 5. The third kappa shape index (κ3) is 4.65. The van der Waals surface area contributed by atoms with Gasteiger partial charge >= 0.3 is 5.97 Å². The fraction of sp³-hybridized carbons (Fsp3) is 0.500. The molecule has 1 amide bonds. The van der Waals surface area contributed by atoms with E-state index in [0.717, 1.165) is 6.07 Å². The van der Waals surface area contributed by atoms with Crippen molar-refractivity contribution in [2.24, 2.45) is 0 Å². The Hall–Kier alpha value is -2.19. The number of carbonyl (C=O) groups is 2. The molecule has 8 heteroatoms. The first kappa shape index (κ1) is 18.2. The van der Waals surface area contributed by atoms with Gasteiger partial charge < -0.3 is 19.5 Å². The lowest BCUT2D eigenvalue weighted by Gasteiger charge is -2.34. The van der Waals surface area contributed by atoms with Crippen LogP contribution in [-0.2, 0) is 9.53 Å². The Morgan fingerprint density at radius 3 is 2.88 bits per heavy atom. The largest absolute Gasteiger partial charge is 0.494 e. The van der Waals surface area contributed by atoms with Crippen LogP contribution in [0.4, 0.5) is 4.39 Å². The summed E-state index contributed by atoms with van der Waals surface area (Å²) < 4.78 is 24.2. The smallest absolute Gasteiger partial charge is 0.317 e. The summed E-state index contributed by atoms with van der Waals surface area (Å²) in [6.07, 6.45) is -0.282. The number of morpholine rings is 1. The number of rotatable bonds is 6. The van der Waals surface area contributed by atoms with Gasteiger partial charge in [-0.1, -0.05) is 0 Å². The highest BCUT2D eigenvalue weighted by Gasteiger charge is 2.26. The molecule has 1 saturated heterocycles. The number of nitrogens with zero attached hydrogens (tertiary/aromatic N) is 2. The minimum Gasteiger partial charge on any atom is -0.494 e. The SMILES string of the molecule is COc1ccc(C(=O)N2CCOC(CN(C)CC(=O)O)C2)cc1F. The molecule has 1 fully saturated rings. The van der Waals surface area contributed by atoms with E-state index in [4.69, 9.17) is 14.6 Å². The number of carbonyl (C=O) groups excluding carboxylic acids is 1. The molecule has 7 nitrogen and oxygen atoms in total. The monoisotopic (exact) mass is 340 g/mol. The summed E-state index contributed by atoms with van der Waals surface area (Å²) >= 11 is 0. The van der Waals surface area contributed by atoms with Crippen molar-refractivity contribution in [1.29, 1.82) is 0 Å². The second-order valence-electron chi connectivity index (χ2n) is 5.68. The normalized spacial score (nSPS) is 17.8.